The molecule has 0 aliphatic rings. The van der Waals surface area contributed by atoms with Crippen LogP contribution in [0.2, 0.25) is 0 Å². The van der Waals surface area contributed by atoms with E-state index < -0.39 is 0 Å². The lowest BCUT2D eigenvalue weighted by Crippen LogP contribution is -2.15. The van der Waals surface area contributed by atoms with Crippen molar-refractivity contribution in [1.82, 2.24) is 4.98 Å². The number of carbonyl (C=O) groups excluding carboxylic acids is 2. The number of ketones is 2. The fourth-order valence-corrected chi connectivity index (χ4v) is 3.87. The highest BCUT2D eigenvalue weighted by molar-refractivity contribution is 5.97. The van der Waals surface area contributed by atoms with Crippen molar-refractivity contribution >= 4 is 22.3 Å². The predicted octanol–water partition coefficient (Wildman–Crippen LogP) is 5.80. The zero-order valence-electron chi connectivity index (χ0n) is 18.0. The molecule has 4 nitrogen and oxygen atoms in total. The SMILES string of the molecule is CCC(C(=O)Cc1ccc2cnccc2c1)c1ccc(OCC(=O)c2ccccc2)cc1. The molecule has 4 aromatic rings. The van der Waals surface area contributed by atoms with Crippen LogP contribution in [0, 0.1) is 0 Å². The average Bonchev–Trinajstić information content (AvgIpc) is 2.84. The van der Waals surface area contributed by atoms with E-state index in [1.165, 1.54) is 0 Å². The summed E-state index contributed by atoms with van der Waals surface area (Å²) in [4.78, 5) is 29.4. The smallest absolute Gasteiger partial charge is 0.200 e. The lowest BCUT2D eigenvalue weighted by molar-refractivity contribution is -0.119. The highest BCUT2D eigenvalue weighted by Crippen LogP contribution is 2.25. The van der Waals surface area contributed by atoms with Crippen LogP contribution in [0.5, 0.6) is 5.75 Å². The van der Waals surface area contributed by atoms with Crippen LogP contribution in [0.4, 0.5) is 0 Å². The summed E-state index contributed by atoms with van der Waals surface area (Å²) in [6.07, 6.45) is 4.70. The summed E-state index contributed by atoms with van der Waals surface area (Å²) in [6, 6.07) is 24.6. The van der Waals surface area contributed by atoms with Crippen molar-refractivity contribution < 1.29 is 14.3 Å². The number of nitrogens with zero attached hydrogens (tertiary/aromatic N) is 1. The Bertz CT molecular complexity index is 1220. The second kappa shape index (κ2) is 10.0. The van der Waals surface area contributed by atoms with Gasteiger partial charge in [0.25, 0.3) is 0 Å². The zero-order chi connectivity index (χ0) is 22.3. The largest absolute Gasteiger partial charge is 0.485 e. The van der Waals surface area contributed by atoms with Gasteiger partial charge in [0.2, 0.25) is 0 Å². The molecule has 0 saturated heterocycles. The number of aromatic nitrogens is 1. The molecule has 0 aliphatic heterocycles. The van der Waals surface area contributed by atoms with Gasteiger partial charge in [-0.05, 0) is 41.1 Å². The van der Waals surface area contributed by atoms with Crippen LogP contribution in [0.15, 0.2) is 91.3 Å². The van der Waals surface area contributed by atoms with Gasteiger partial charge in [-0.3, -0.25) is 14.6 Å². The third-order valence-corrected chi connectivity index (χ3v) is 5.63. The number of ether oxygens (including phenoxy) is 1. The van der Waals surface area contributed by atoms with Crippen LogP contribution in [0.3, 0.4) is 0 Å². The second-order valence-electron chi connectivity index (χ2n) is 7.81. The molecular weight excluding hydrogens is 398 g/mol. The molecule has 0 spiro atoms. The number of pyridine rings is 1. The van der Waals surface area contributed by atoms with Crippen molar-refractivity contribution in [2.45, 2.75) is 25.7 Å². The maximum Gasteiger partial charge on any atom is 0.200 e. The summed E-state index contributed by atoms with van der Waals surface area (Å²) >= 11 is 0. The predicted molar refractivity (Wildman–Crippen MR) is 126 cm³/mol. The Morgan fingerprint density at radius 2 is 1.69 bits per heavy atom. The van der Waals surface area contributed by atoms with E-state index in [0.717, 1.165) is 28.3 Å². The molecule has 0 amide bonds. The first kappa shape index (κ1) is 21.4. The van der Waals surface area contributed by atoms with Crippen LogP contribution in [-0.4, -0.2) is 23.2 Å². The second-order valence-corrected chi connectivity index (χ2v) is 7.81. The Kier molecular flexibility index (Phi) is 6.71. The minimum Gasteiger partial charge on any atom is -0.485 e. The van der Waals surface area contributed by atoms with Crippen molar-refractivity contribution in [3.63, 3.8) is 0 Å². The fourth-order valence-electron chi connectivity index (χ4n) is 3.87. The van der Waals surface area contributed by atoms with E-state index in [1.807, 2.05) is 73.8 Å². The number of fused-ring (bicyclic) bond motifs is 1. The molecule has 4 rings (SSSR count). The number of carbonyl (C=O) groups is 2. The standard InChI is InChI=1S/C28H25NO3/c1-2-26(27(30)17-20-8-9-24-18-29-15-14-23(24)16-20)21-10-12-25(13-11-21)32-19-28(31)22-6-4-3-5-7-22/h3-16,18,26H,2,17,19H2,1H3. The van der Waals surface area contributed by atoms with Gasteiger partial charge in [-0.25, -0.2) is 0 Å². The van der Waals surface area contributed by atoms with Gasteiger partial charge in [-0.1, -0.05) is 67.6 Å². The lowest BCUT2D eigenvalue weighted by Gasteiger charge is -2.15. The van der Waals surface area contributed by atoms with E-state index in [9.17, 15) is 9.59 Å². The Hall–Kier alpha value is -3.79. The van der Waals surface area contributed by atoms with Crippen LogP contribution in [-0.2, 0) is 11.2 Å². The molecule has 1 heterocycles. The van der Waals surface area contributed by atoms with Gasteiger partial charge in [0, 0.05) is 35.7 Å². The minimum atomic E-state index is -0.178. The van der Waals surface area contributed by atoms with E-state index in [1.54, 1.807) is 18.3 Å². The number of hydrogen-bond donors (Lipinski definition) is 0. The molecular formula is C28H25NO3. The van der Waals surface area contributed by atoms with E-state index in [2.05, 4.69) is 11.1 Å². The molecule has 0 N–H and O–H groups in total. The van der Waals surface area contributed by atoms with Crippen LogP contribution in [0.25, 0.3) is 10.8 Å². The first-order chi connectivity index (χ1) is 15.6. The Morgan fingerprint density at radius 3 is 2.44 bits per heavy atom. The van der Waals surface area contributed by atoms with Crippen molar-refractivity contribution in [3.05, 3.63) is 108 Å². The number of hydrogen-bond acceptors (Lipinski definition) is 4. The first-order valence-corrected chi connectivity index (χ1v) is 10.8. The summed E-state index contributed by atoms with van der Waals surface area (Å²) in [5.74, 6) is 0.558. The maximum atomic E-state index is 13.0. The van der Waals surface area contributed by atoms with E-state index in [0.29, 0.717) is 17.7 Å². The molecule has 0 aliphatic carbocycles. The van der Waals surface area contributed by atoms with Crippen molar-refractivity contribution in [1.29, 1.82) is 0 Å². The average molecular weight is 424 g/mol. The number of Topliss-reactive ketones (excluding diaryl/α,β-unsaturated/α-hetero) is 2. The van der Waals surface area contributed by atoms with Gasteiger partial charge in [0.15, 0.2) is 12.4 Å². The van der Waals surface area contributed by atoms with E-state index >= 15 is 0 Å². The van der Waals surface area contributed by atoms with Crippen LogP contribution < -0.4 is 4.74 Å². The highest BCUT2D eigenvalue weighted by atomic mass is 16.5. The minimum absolute atomic E-state index is 0.0169. The summed E-state index contributed by atoms with van der Waals surface area (Å²) in [7, 11) is 0. The number of benzene rings is 3. The van der Waals surface area contributed by atoms with Gasteiger partial charge in [-0.15, -0.1) is 0 Å². The zero-order valence-corrected chi connectivity index (χ0v) is 18.0. The summed E-state index contributed by atoms with van der Waals surface area (Å²) < 4.78 is 5.65. The third kappa shape index (κ3) is 5.09. The normalized spacial score (nSPS) is 11.8. The van der Waals surface area contributed by atoms with Crippen molar-refractivity contribution in [2.24, 2.45) is 0 Å². The van der Waals surface area contributed by atoms with Gasteiger partial charge in [-0.2, -0.15) is 0 Å². The molecule has 0 fully saturated rings. The molecule has 0 bridgehead atoms. The van der Waals surface area contributed by atoms with E-state index in [-0.39, 0.29) is 24.1 Å². The third-order valence-electron chi connectivity index (χ3n) is 5.63. The maximum absolute atomic E-state index is 13.0. The highest BCUT2D eigenvalue weighted by Gasteiger charge is 2.19. The Morgan fingerprint density at radius 1 is 0.906 bits per heavy atom. The van der Waals surface area contributed by atoms with Gasteiger partial charge < -0.3 is 4.74 Å². The molecule has 160 valence electrons. The number of rotatable bonds is 9. The lowest BCUT2D eigenvalue weighted by atomic mass is 9.88. The molecule has 0 saturated carbocycles. The van der Waals surface area contributed by atoms with Gasteiger partial charge in [0.1, 0.15) is 11.5 Å². The quantitative estimate of drug-likeness (QED) is 0.319. The molecule has 0 radical (unpaired) electrons. The molecule has 3 aromatic carbocycles. The van der Waals surface area contributed by atoms with Crippen molar-refractivity contribution in [3.8, 4) is 5.75 Å². The molecule has 4 heteroatoms. The summed E-state index contributed by atoms with van der Waals surface area (Å²) in [5, 5.41) is 2.15. The monoisotopic (exact) mass is 423 g/mol. The molecule has 1 aromatic heterocycles. The van der Waals surface area contributed by atoms with Crippen LogP contribution in [0.1, 0.15) is 40.7 Å². The Balaban J connectivity index is 1.39. The first-order valence-electron chi connectivity index (χ1n) is 10.8. The van der Waals surface area contributed by atoms with Gasteiger partial charge in [0.05, 0.1) is 0 Å². The molecule has 32 heavy (non-hydrogen) atoms. The Labute approximate surface area is 187 Å². The topological polar surface area (TPSA) is 56.3 Å². The fraction of sp³-hybridized carbons (Fsp3) is 0.179. The molecule has 1 unspecified atom stereocenters. The molecule has 1 atom stereocenters. The van der Waals surface area contributed by atoms with E-state index in [4.69, 9.17) is 4.74 Å². The van der Waals surface area contributed by atoms with Gasteiger partial charge >= 0.3 is 0 Å². The summed E-state index contributed by atoms with van der Waals surface area (Å²) in [5.41, 5.74) is 2.60. The van der Waals surface area contributed by atoms with Crippen LogP contribution >= 0.6 is 0 Å². The van der Waals surface area contributed by atoms with Crippen molar-refractivity contribution in [2.75, 3.05) is 6.61 Å². The summed E-state index contributed by atoms with van der Waals surface area (Å²) in [6.45, 7) is 2.01.